The number of nitrogens with one attached hydrogen (secondary N) is 1. The molecule has 2 heterocycles. The Morgan fingerprint density at radius 2 is 2.20 bits per heavy atom. The third-order valence-corrected chi connectivity index (χ3v) is 2.14. The lowest BCUT2D eigenvalue weighted by Gasteiger charge is -1.88. The van der Waals surface area contributed by atoms with Crippen LogP contribution in [0.3, 0.4) is 0 Å². The topological polar surface area (TPSA) is 80.7 Å². The van der Waals surface area contributed by atoms with Crippen LogP contribution in [0.2, 0.25) is 0 Å². The van der Waals surface area contributed by atoms with Gasteiger partial charge in [-0.2, -0.15) is 5.10 Å². The van der Waals surface area contributed by atoms with Crippen LogP contribution in [0.25, 0.3) is 22.7 Å². The van der Waals surface area contributed by atoms with Crippen molar-refractivity contribution < 1.29 is 4.42 Å². The molecule has 0 saturated carbocycles. The molecule has 74 valence electrons. The lowest BCUT2D eigenvalue weighted by atomic mass is 10.3. The Balaban J connectivity index is 2.22. The van der Waals surface area contributed by atoms with Crippen LogP contribution >= 0.6 is 0 Å². The van der Waals surface area contributed by atoms with Crippen LogP contribution in [0.4, 0.5) is 5.69 Å². The second-order valence-corrected chi connectivity index (χ2v) is 3.22. The third-order valence-electron chi connectivity index (χ3n) is 2.14. The Morgan fingerprint density at radius 1 is 1.27 bits per heavy atom. The number of nitrogens with zero attached hydrogens (tertiary/aromatic N) is 2. The molecule has 0 saturated heterocycles. The minimum absolute atomic E-state index is 0.521. The van der Waals surface area contributed by atoms with Gasteiger partial charge in [-0.05, 0) is 18.2 Å². The predicted octanol–water partition coefficient (Wildman–Crippen LogP) is 1.80. The van der Waals surface area contributed by atoms with Crippen LogP contribution in [0.5, 0.6) is 0 Å². The van der Waals surface area contributed by atoms with Crippen LogP contribution in [0.15, 0.2) is 34.9 Å². The van der Waals surface area contributed by atoms with Gasteiger partial charge in [-0.25, -0.2) is 4.98 Å². The molecule has 0 unspecified atom stereocenters. The first-order chi connectivity index (χ1) is 7.33. The van der Waals surface area contributed by atoms with E-state index in [1.807, 2.05) is 6.07 Å². The number of rotatable bonds is 1. The second kappa shape index (κ2) is 2.84. The molecule has 0 aliphatic rings. The molecule has 0 fully saturated rings. The third kappa shape index (κ3) is 1.25. The maximum atomic E-state index is 5.64. The van der Waals surface area contributed by atoms with Gasteiger partial charge in [0, 0.05) is 18.0 Å². The zero-order chi connectivity index (χ0) is 10.3. The lowest BCUT2D eigenvalue weighted by molar-refractivity contribution is 0.616. The molecule has 3 aromatic rings. The van der Waals surface area contributed by atoms with Gasteiger partial charge in [0.25, 0.3) is 0 Å². The molecule has 0 spiro atoms. The summed E-state index contributed by atoms with van der Waals surface area (Å²) in [5, 5.41) is 6.63. The van der Waals surface area contributed by atoms with Crippen LogP contribution < -0.4 is 5.73 Å². The molecular formula is C10H8N4O. The number of hydrogen-bond donors (Lipinski definition) is 2. The monoisotopic (exact) mass is 200 g/mol. The highest BCUT2D eigenvalue weighted by molar-refractivity contribution is 5.78. The molecule has 2 aromatic heterocycles. The number of benzene rings is 1. The largest absolute Gasteiger partial charge is 0.435 e. The number of anilines is 1. The van der Waals surface area contributed by atoms with Crippen molar-refractivity contribution in [3.8, 4) is 11.6 Å². The summed E-state index contributed by atoms with van der Waals surface area (Å²) in [6.45, 7) is 0. The average molecular weight is 200 g/mol. The maximum absolute atomic E-state index is 5.64. The zero-order valence-corrected chi connectivity index (χ0v) is 7.77. The van der Waals surface area contributed by atoms with E-state index in [1.165, 1.54) is 0 Å². The van der Waals surface area contributed by atoms with Crippen molar-refractivity contribution in [3.63, 3.8) is 0 Å². The Hall–Kier alpha value is -2.30. The quantitative estimate of drug-likeness (QED) is 0.587. The van der Waals surface area contributed by atoms with Crippen LogP contribution in [-0.4, -0.2) is 15.2 Å². The highest BCUT2D eigenvalue weighted by Crippen LogP contribution is 2.23. The van der Waals surface area contributed by atoms with Crippen LogP contribution in [0.1, 0.15) is 0 Å². The van der Waals surface area contributed by atoms with Gasteiger partial charge in [-0.3, -0.25) is 5.10 Å². The van der Waals surface area contributed by atoms with E-state index in [1.54, 1.807) is 24.4 Å². The molecule has 0 bridgehead atoms. The van der Waals surface area contributed by atoms with Crippen molar-refractivity contribution in [1.82, 2.24) is 15.2 Å². The Kier molecular flexibility index (Phi) is 1.53. The molecule has 3 N–H and O–H groups in total. The fourth-order valence-electron chi connectivity index (χ4n) is 1.43. The van der Waals surface area contributed by atoms with Gasteiger partial charge in [-0.15, -0.1) is 0 Å². The van der Waals surface area contributed by atoms with Crippen molar-refractivity contribution in [2.45, 2.75) is 0 Å². The summed E-state index contributed by atoms with van der Waals surface area (Å²) in [6.07, 6.45) is 1.65. The first-order valence-electron chi connectivity index (χ1n) is 4.49. The van der Waals surface area contributed by atoms with Crippen molar-refractivity contribution >= 4 is 16.8 Å². The molecular weight excluding hydrogens is 192 g/mol. The first-order valence-corrected chi connectivity index (χ1v) is 4.49. The van der Waals surface area contributed by atoms with Crippen LogP contribution in [-0.2, 0) is 0 Å². The summed E-state index contributed by atoms with van der Waals surface area (Å²) < 4.78 is 5.53. The van der Waals surface area contributed by atoms with Gasteiger partial charge in [-0.1, -0.05) is 0 Å². The van der Waals surface area contributed by atoms with Crippen molar-refractivity contribution in [3.05, 3.63) is 30.5 Å². The van der Waals surface area contributed by atoms with Gasteiger partial charge in [0.1, 0.15) is 11.2 Å². The molecule has 0 radical (unpaired) electrons. The predicted molar refractivity (Wildman–Crippen MR) is 56.0 cm³/mol. The molecule has 15 heavy (non-hydrogen) atoms. The number of nitrogens with two attached hydrogens (primary N) is 1. The molecule has 0 atom stereocenters. The van der Waals surface area contributed by atoms with Crippen LogP contribution in [0, 0.1) is 0 Å². The van der Waals surface area contributed by atoms with E-state index in [9.17, 15) is 0 Å². The summed E-state index contributed by atoms with van der Waals surface area (Å²) in [7, 11) is 0. The number of oxazole rings is 1. The van der Waals surface area contributed by atoms with E-state index in [0.29, 0.717) is 17.2 Å². The molecule has 5 nitrogen and oxygen atoms in total. The highest BCUT2D eigenvalue weighted by Gasteiger charge is 2.08. The lowest BCUT2D eigenvalue weighted by Crippen LogP contribution is -1.81. The molecule has 1 aromatic carbocycles. The fraction of sp³-hybridized carbons (Fsp3) is 0. The van der Waals surface area contributed by atoms with Gasteiger partial charge in [0.2, 0.25) is 5.89 Å². The van der Waals surface area contributed by atoms with E-state index in [-0.39, 0.29) is 0 Å². The minimum atomic E-state index is 0.521. The number of nitrogen functional groups attached to an aromatic ring is 1. The molecule has 0 aliphatic carbocycles. The zero-order valence-electron chi connectivity index (χ0n) is 7.77. The SMILES string of the molecule is Nc1ccc2nc(-c3ccn[nH]3)oc2c1. The molecule has 0 aliphatic heterocycles. The van der Waals surface area contributed by atoms with Gasteiger partial charge in [0.05, 0.1) is 0 Å². The van der Waals surface area contributed by atoms with E-state index < -0.39 is 0 Å². The second-order valence-electron chi connectivity index (χ2n) is 3.22. The van der Waals surface area contributed by atoms with Crippen molar-refractivity contribution in [2.75, 3.05) is 5.73 Å². The van der Waals surface area contributed by atoms with Gasteiger partial charge < -0.3 is 10.2 Å². The van der Waals surface area contributed by atoms with Crippen molar-refractivity contribution in [1.29, 1.82) is 0 Å². The number of fused-ring (bicyclic) bond motifs is 1. The van der Waals surface area contributed by atoms with Gasteiger partial charge in [0.15, 0.2) is 5.58 Å². The van der Waals surface area contributed by atoms with E-state index >= 15 is 0 Å². The van der Waals surface area contributed by atoms with E-state index in [0.717, 1.165) is 11.2 Å². The molecule has 3 rings (SSSR count). The first kappa shape index (κ1) is 8.05. The van der Waals surface area contributed by atoms with E-state index in [4.69, 9.17) is 10.2 Å². The summed E-state index contributed by atoms with van der Waals surface area (Å²) in [5.74, 6) is 0.521. The number of aromatic amines is 1. The smallest absolute Gasteiger partial charge is 0.245 e. The van der Waals surface area contributed by atoms with Gasteiger partial charge >= 0.3 is 0 Å². The average Bonchev–Trinajstić information content (AvgIpc) is 2.84. The molecule has 0 amide bonds. The summed E-state index contributed by atoms with van der Waals surface area (Å²) >= 11 is 0. The molecule has 5 heteroatoms. The summed E-state index contributed by atoms with van der Waals surface area (Å²) in [4.78, 5) is 4.30. The summed E-state index contributed by atoms with van der Waals surface area (Å²) in [6, 6.07) is 7.17. The Labute approximate surface area is 84.9 Å². The normalized spacial score (nSPS) is 10.9. The fourth-order valence-corrected chi connectivity index (χ4v) is 1.43. The summed E-state index contributed by atoms with van der Waals surface area (Å²) in [5.41, 5.74) is 8.53. The number of aromatic nitrogens is 3. The van der Waals surface area contributed by atoms with E-state index in [2.05, 4.69) is 15.2 Å². The highest BCUT2D eigenvalue weighted by atomic mass is 16.3. The minimum Gasteiger partial charge on any atom is -0.435 e. The maximum Gasteiger partial charge on any atom is 0.245 e. The Bertz CT molecular complexity index is 597. The number of H-pyrrole nitrogens is 1. The standard InChI is InChI=1S/C10H8N4O/c11-6-1-2-7-9(5-6)15-10(13-7)8-3-4-12-14-8/h1-5H,11H2,(H,12,14). The van der Waals surface area contributed by atoms with Crippen molar-refractivity contribution in [2.24, 2.45) is 0 Å². The number of hydrogen-bond acceptors (Lipinski definition) is 4. The Morgan fingerprint density at radius 3 is 3.00 bits per heavy atom.